The Morgan fingerprint density at radius 3 is 2.60 bits per heavy atom. The first kappa shape index (κ1) is 26.4. The van der Waals surface area contributed by atoms with Crippen molar-refractivity contribution in [3.8, 4) is 5.82 Å². The fourth-order valence-electron chi connectivity index (χ4n) is 5.50. The van der Waals surface area contributed by atoms with E-state index < -0.39 is 6.43 Å². The van der Waals surface area contributed by atoms with Gasteiger partial charge < -0.3 is 24.6 Å². The topological polar surface area (TPSA) is 80.6 Å². The molecule has 9 nitrogen and oxygen atoms in total. The Bertz CT molecular complexity index is 1440. The van der Waals surface area contributed by atoms with E-state index in [9.17, 15) is 8.78 Å². The molecule has 6 rings (SSSR count). The molecule has 2 saturated heterocycles. The van der Waals surface area contributed by atoms with Crippen LogP contribution in [0.15, 0.2) is 54.6 Å². The summed E-state index contributed by atoms with van der Waals surface area (Å²) in [6.45, 7) is 4.64. The maximum atomic E-state index is 14.1. The predicted octanol–water partition coefficient (Wildman–Crippen LogP) is 4.82. The zero-order valence-corrected chi connectivity index (χ0v) is 22.5. The first-order chi connectivity index (χ1) is 19.6. The zero-order valence-electron chi connectivity index (χ0n) is 22.5. The summed E-state index contributed by atoms with van der Waals surface area (Å²) in [5.74, 6) is 1.02. The van der Waals surface area contributed by atoms with Gasteiger partial charge >= 0.3 is 0 Å². The average molecular weight is 550 g/mol. The highest BCUT2D eigenvalue weighted by molar-refractivity contribution is 5.78. The molecule has 1 atom stereocenters. The number of nitrogens with one attached hydrogen (secondary N) is 1. The monoisotopic (exact) mass is 549 g/mol. The number of hydrogen-bond acceptors (Lipinski definition) is 8. The molecule has 0 amide bonds. The summed E-state index contributed by atoms with van der Waals surface area (Å²) >= 11 is 0. The third kappa shape index (κ3) is 5.44. The van der Waals surface area contributed by atoms with Crippen LogP contribution in [0, 0.1) is 0 Å². The molecule has 2 fully saturated rings. The van der Waals surface area contributed by atoms with Crippen LogP contribution in [0.3, 0.4) is 0 Å². The van der Waals surface area contributed by atoms with Crippen molar-refractivity contribution < 1.29 is 18.3 Å². The Labute approximate surface area is 231 Å². The minimum absolute atomic E-state index is 0.344. The number of hydrogen-bond donors (Lipinski definition) is 1. The van der Waals surface area contributed by atoms with E-state index in [2.05, 4.69) is 39.5 Å². The number of fused-ring (bicyclic) bond motifs is 1. The second kappa shape index (κ2) is 11.7. The number of anilines is 3. The predicted molar refractivity (Wildman–Crippen MR) is 151 cm³/mol. The molecular weight excluding hydrogens is 516 g/mol. The van der Waals surface area contributed by atoms with Crippen LogP contribution < -0.4 is 15.1 Å². The van der Waals surface area contributed by atoms with Crippen LogP contribution in [0.25, 0.3) is 16.9 Å². The molecule has 0 spiro atoms. The minimum Gasteiger partial charge on any atom is -0.383 e. The van der Waals surface area contributed by atoms with Crippen molar-refractivity contribution in [2.45, 2.75) is 31.9 Å². The Morgan fingerprint density at radius 1 is 1.02 bits per heavy atom. The number of methoxy groups -OCH3 is 1. The molecule has 0 saturated carbocycles. The summed E-state index contributed by atoms with van der Waals surface area (Å²) in [6, 6.07) is 17.7. The Morgan fingerprint density at radius 2 is 1.82 bits per heavy atom. The zero-order chi connectivity index (χ0) is 27.5. The lowest BCUT2D eigenvalue weighted by atomic mass is 10.1. The molecule has 2 aromatic heterocycles. The van der Waals surface area contributed by atoms with Crippen LogP contribution in [-0.2, 0) is 16.0 Å². The number of nitrogens with zero attached hydrogens (tertiary/aromatic N) is 6. The van der Waals surface area contributed by atoms with Crippen molar-refractivity contribution in [2.75, 3.05) is 61.7 Å². The summed E-state index contributed by atoms with van der Waals surface area (Å²) in [7, 11) is 1.75. The third-order valence-corrected chi connectivity index (χ3v) is 7.48. The van der Waals surface area contributed by atoms with Crippen LogP contribution in [0.1, 0.15) is 30.7 Å². The van der Waals surface area contributed by atoms with Gasteiger partial charge in [0.05, 0.1) is 36.9 Å². The Balaban J connectivity index is 1.29. The largest absolute Gasteiger partial charge is 0.383 e. The number of morpholine rings is 1. The van der Waals surface area contributed by atoms with Gasteiger partial charge in [-0.15, -0.1) is 0 Å². The second-order valence-electron chi connectivity index (χ2n) is 10.1. The van der Waals surface area contributed by atoms with E-state index in [1.165, 1.54) is 16.7 Å². The van der Waals surface area contributed by atoms with Crippen molar-refractivity contribution in [3.63, 3.8) is 0 Å². The van der Waals surface area contributed by atoms with Gasteiger partial charge in [-0.1, -0.05) is 24.3 Å². The third-order valence-electron chi connectivity index (χ3n) is 7.48. The number of halogens is 2. The van der Waals surface area contributed by atoms with E-state index in [4.69, 9.17) is 19.4 Å². The number of aromatic nitrogens is 4. The van der Waals surface area contributed by atoms with Gasteiger partial charge in [0.25, 0.3) is 6.43 Å². The van der Waals surface area contributed by atoms with Gasteiger partial charge in [0.15, 0.2) is 5.82 Å². The van der Waals surface area contributed by atoms with Gasteiger partial charge in [0.2, 0.25) is 5.95 Å². The molecule has 0 aliphatic carbocycles. The number of alkyl halides is 2. The minimum atomic E-state index is -2.76. The van der Waals surface area contributed by atoms with Crippen molar-refractivity contribution in [1.29, 1.82) is 0 Å². The molecule has 4 aromatic rings. The number of benzene rings is 2. The Hall–Kier alpha value is -3.83. The number of rotatable bonds is 9. The maximum absolute atomic E-state index is 14.1. The number of imidazole rings is 1. The van der Waals surface area contributed by atoms with Crippen molar-refractivity contribution >= 4 is 28.5 Å². The summed E-state index contributed by atoms with van der Waals surface area (Å²) in [4.78, 5) is 18.1. The normalized spacial score (nSPS) is 17.8. The van der Waals surface area contributed by atoms with Crippen LogP contribution in [0.5, 0.6) is 0 Å². The molecule has 1 N–H and O–H groups in total. The van der Waals surface area contributed by atoms with Gasteiger partial charge in [-0.2, -0.15) is 9.97 Å². The lowest BCUT2D eigenvalue weighted by Gasteiger charge is -2.27. The molecule has 4 heterocycles. The SMILES string of the molecule is COC[C@@H]1CCCN1c1ccc(CNc2cc(-n3c(C(F)F)nc4ccccc43)nc(N3CCOCC3)n2)cc1. The van der Waals surface area contributed by atoms with E-state index >= 15 is 0 Å². The summed E-state index contributed by atoms with van der Waals surface area (Å²) in [5, 5.41) is 3.39. The molecule has 40 heavy (non-hydrogen) atoms. The number of ether oxygens (including phenoxy) is 2. The summed E-state index contributed by atoms with van der Waals surface area (Å²) in [5.41, 5.74) is 3.33. The summed E-state index contributed by atoms with van der Waals surface area (Å²) in [6.07, 6.45) is -0.459. The van der Waals surface area contributed by atoms with Gasteiger partial charge in [-0.05, 0) is 42.7 Å². The van der Waals surface area contributed by atoms with Gasteiger partial charge in [-0.3, -0.25) is 4.57 Å². The van der Waals surface area contributed by atoms with E-state index in [1.54, 1.807) is 31.4 Å². The highest BCUT2D eigenvalue weighted by Crippen LogP contribution is 2.30. The molecular formula is C29H33F2N7O2. The average Bonchev–Trinajstić information content (AvgIpc) is 3.62. The van der Waals surface area contributed by atoms with E-state index in [0.29, 0.717) is 67.5 Å². The highest BCUT2D eigenvalue weighted by Gasteiger charge is 2.25. The quantitative estimate of drug-likeness (QED) is 0.319. The van der Waals surface area contributed by atoms with E-state index in [1.807, 2.05) is 11.0 Å². The molecule has 210 valence electrons. The molecule has 2 aliphatic rings. The highest BCUT2D eigenvalue weighted by atomic mass is 19.3. The standard InChI is InChI=1S/C29H33F2N7O2/c1-39-19-22-5-4-12-37(22)21-10-8-20(9-11-21)18-32-25-17-26(35-29(34-25)36-13-15-40-16-14-36)38-24-7-3-2-6-23(24)33-28(38)27(30)31/h2-3,6-11,17,22,27H,4-5,12-16,18-19H2,1H3,(H,32,34,35)/t22-/m0/s1. The van der Waals surface area contributed by atoms with Crippen LogP contribution in [0.2, 0.25) is 0 Å². The summed E-state index contributed by atoms with van der Waals surface area (Å²) < 4.78 is 40.5. The maximum Gasteiger partial charge on any atom is 0.296 e. The van der Waals surface area contributed by atoms with Gasteiger partial charge in [0.1, 0.15) is 11.6 Å². The molecule has 0 radical (unpaired) electrons. The molecule has 0 unspecified atom stereocenters. The number of para-hydroxylation sites is 2. The van der Waals surface area contributed by atoms with E-state index in [-0.39, 0.29) is 5.82 Å². The lowest BCUT2D eigenvalue weighted by molar-refractivity contribution is 0.122. The van der Waals surface area contributed by atoms with Gasteiger partial charge in [-0.25, -0.2) is 13.8 Å². The van der Waals surface area contributed by atoms with Crippen molar-refractivity contribution in [2.24, 2.45) is 0 Å². The molecule has 0 bridgehead atoms. The Kier molecular flexibility index (Phi) is 7.74. The van der Waals surface area contributed by atoms with E-state index in [0.717, 1.165) is 25.1 Å². The first-order valence-electron chi connectivity index (χ1n) is 13.7. The fourth-order valence-corrected chi connectivity index (χ4v) is 5.50. The molecule has 2 aliphatic heterocycles. The fraction of sp³-hybridized carbons (Fsp3) is 0.414. The van der Waals surface area contributed by atoms with Crippen molar-refractivity contribution in [1.82, 2.24) is 19.5 Å². The van der Waals surface area contributed by atoms with Crippen LogP contribution in [0.4, 0.5) is 26.2 Å². The smallest absolute Gasteiger partial charge is 0.296 e. The van der Waals surface area contributed by atoms with Crippen LogP contribution in [-0.4, -0.2) is 72.1 Å². The second-order valence-corrected chi connectivity index (χ2v) is 10.1. The van der Waals surface area contributed by atoms with Gasteiger partial charge in [0, 0.05) is 45.0 Å². The molecule has 2 aromatic carbocycles. The molecule has 11 heteroatoms. The van der Waals surface area contributed by atoms with Crippen molar-refractivity contribution in [3.05, 3.63) is 66.0 Å². The lowest BCUT2D eigenvalue weighted by Crippen LogP contribution is -2.37. The van der Waals surface area contributed by atoms with Crippen LogP contribution >= 0.6 is 0 Å². The first-order valence-corrected chi connectivity index (χ1v) is 13.7.